The summed E-state index contributed by atoms with van der Waals surface area (Å²) in [4.78, 5) is 18.9. The number of rotatable bonds is 2. The molecule has 0 fully saturated rings. The van der Waals surface area contributed by atoms with Crippen LogP contribution in [0.25, 0.3) is 0 Å². The van der Waals surface area contributed by atoms with E-state index < -0.39 is 28.7 Å². The number of hydrogen-bond acceptors (Lipinski definition) is 4. The zero-order chi connectivity index (χ0) is 21.5. The first kappa shape index (κ1) is 28.6. The predicted molar refractivity (Wildman–Crippen MR) is 112 cm³/mol. The Bertz CT molecular complexity index is 511. The number of carbonyl (C=O) groups is 2. The lowest BCUT2D eigenvalue weighted by molar-refractivity contribution is -0.147. The number of aliphatic carboxylic acids is 2. The van der Waals surface area contributed by atoms with E-state index in [2.05, 4.69) is 35.9 Å². The summed E-state index contributed by atoms with van der Waals surface area (Å²) in [5, 5.41) is 29.5. The smallest absolute Gasteiger partial charge is 0.314 e. The Labute approximate surface area is 167 Å². The molecule has 2 rings (SSSR count). The highest BCUT2D eigenvalue weighted by molar-refractivity contribution is 7.80. The number of thiocarbonyl (C=S) groups is 2. The Balaban J connectivity index is -0.000000272. The van der Waals surface area contributed by atoms with Crippen LogP contribution >= 0.6 is 24.4 Å². The minimum Gasteiger partial charge on any atom is -0.487 e. The first-order valence-corrected chi connectivity index (χ1v) is 7.81. The lowest BCUT2D eigenvalue weighted by Crippen LogP contribution is -2.03. The highest BCUT2D eigenvalue weighted by atomic mass is 32.1. The van der Waals surface area contributed by atoms with Crippen molar-refractivity contribution in [2.24, 2.45) is 11.5 Å². The van der Waals surface area contributed by atoms with Crippen molar-refractivity contribution in [3.63, 3.8) is 0 Å². The van der Waals surface area contributed by atoms with E-state index in [1.54, 1.807) is 0 Å². The van der Waals surface area contributed by atoms with Gasteiger partial charge in [0.1, 0.15) is 6.42 Å². The first-order valence-electron chi connectivity index (χ1n) is 7.00. The molecule has 0 spiro atoms. The summed E-state index contributed by atoms with van der Waals surface area (Å²) in [5.74, 6) is -2.62. The van der Waals surface area contributed by atoms with E-state index in [1.807, 2.05) is 72.8 Å². The van der Waals surface area contributed by atoms with E-state index in [9.17, 15) is 9.59 Å². The van der Waals surface area contributed by atoms with E-state index in [1.165, 1.54) is 0 Å². The molecule has 0 aliphatic heterocycles. The molecule has 148 valence electrons. The molecule has 8 N–H and O–H groups in total. The summed E-state index contributed by atoms with van der Waals surface area (Å²) in [7, 11) is 0. The Morgan fingerprint density at radius 1 is 0.556 bits per heavy atom. The van der Waals surface area contributed by atoms with Crippen molar-refractivity contribution in [2.75, 3.05) is 0 Å². The van der Waals surface area contributed by atoms with Gasteiger partial charge in [-0.3, -0.25) is 9.59 Å². The van der Waals surface area contributed by atoms with Gasteiger partial charge in [-0.2, -0.15) is 0 Å². The van der Waals surface area contributed by atoms with Crippen molar-refractivity contribution in [2.45, 2.75) is 6.42 Å². The molecule has 10 heteroatoms. The second kappa shape index (κ2) is 22.8. The van der Waals surface area contributed by atoms with Crippen LogP contribution in [0.15, 0.2) is 72.8 Å². The average Bonchev–Trinajstić information content (AvgIpc) is 2.57. The van der Waals surface area contributed by atoms with Gasteiger partial charge in [0, 0.05) is 0 Å². The summed E-state index contributed by atoms with van der Waals surface area (Å²) < 4.78 is 0. The molecular formula is C17H22N2O6S2. The zero-order valence-electron chi connectivity index (χ0n) is 14.2. The van der Waals surface area contributed by atoms with E-state index in [0.717, 1.165) is 0 Å². The third-order valence-electron chi connectivity index (χ3n) is 1.64. The van der Waals surface area contributed by atoms with Crippen LogP contribution in [0.2, 0.25) is 0 Å². The SMILES string of the molecule is NC(O)=S.NC(O)=S.O=C(O)CC(=O)O.c1ccccc1.c1ccccc1. The maximum atomic E-state index is 9.43. The number of nitrogens with two attached hydrogens (primary N) is 2. The van der Waals surface area contributed by atoms with Gasteiger partial charge in [-0.25, -0.2) is 0 Å². The quantitative estimate of drug-likeness (QED) is 0.317. The lowest BCUT2D eigenvalue weighted by Gasteiger charge is -1.80. The normalized spacial score (nSPS) is 7.41. The van der Waals surface area contributed by atoms with Crippen molar-refractivity contribution in [3.05, 3.63) is 72.8 Å². The van der Waals surface area contributed by atoms with Gasteiger partial charge in [0.25, 0.3) is 10.3 Å². The van der Waals surface area contributed by atoms with Crippen molar-refractivity contribution < 1.29 is 30.0 Å². The van der Waals surface area contributed by atoms with Crippen molar-refractivity contribution >= 4 is 46.7 Å². The molecule has 0 radical (unpaired) electrons. The molecule has 0 saturated carbocycles. The Morgan fingerprint density at radius 3 is 0.704 bits per heavy atom. The number of aliphatic hydroxyl groups is 2. The van der Waals surface area contributed by atoms with E-state index in [-0.39, 0.29) is 0 Å². The van der Waals surface area contributed by atoms with E-state index in [4.69, 9.17) is 20.4 Å². The predicted octanol–water partition coefficient (Wildman–Crippen LogP) is 2.49. The number of hydrogen-bond donors (Lipinski definition) is 6. The minimum atomic E-state index is -1.31. The molecule has 2 aromatic rings. The van der Waals surface area contributed by atoms with Crippen LogP contribution in [0.5, 0.6) is 0 Å². The summed E-state index contributed by atoms with van der Waals surface area (Å²) in [5.41, 5.74) is 8.80. The van der Waals surface area contributed by atoms with Crippen LogP contribution in [-0.2, 0) is 9.59 Å². The van der Waals surface area contributed by atoms with Crippen LogP contribution in [0.3, 0.4) is 0 Å². The van der Waals surface area contributed by atoms with Gasteiger partial charge >= 0.3 is 11.9 Å². The fourth-order valence-corrected chi connectivity index (χ4v) is 0.899. The monoisotopic (exact) mass is 414 g/mol. The minimum absolute atomic E-state index is 0.500. The number of carboxylic acids is 2. The lowest BCUT2D eigenvalue weighted by atomic mass is 10.4. The second-order valence-corrected chi connectivity index (χ2v) is 4.79. The van der Waals surface area contributed by atoms with Gasteiger partial charge < -0.3 is 31.9 Å². The Kier molecular flexibility index (Phi) is 24.1. The summed E-state index contributed by atoms with van der Waals surface area (Å²) in [6.07, 6.45) is -0.806. The topological polar surface area (TPSA) is 167 Å². The summed E-state index contributed by atoms with van der Waals surface area (Å²) in [6, 6.07) is 24.0. The second-order valence-electron chi connectivity index (χ2n) is 3.95. The molecule has 2 aromatic carbocycles. The van der Waals surface area contributed by atoms with Crippen LogP contribution in [0.4, 0.5) is 0 Å². The third kappa shape index (κ3) is 60.2. The first-order chi connectivity index (χ1) is 12.6. The van der Waals surface area contributed by atoms with Gasteiger partial charge in [0.2, 0.25) is 0 Å². The van der Waals surface area contributed by atoms with Gasteiger partial charge in [0.15, 0.2) is 0 Å². The Hall–Kier alpha value is -3.24. The van der Waals surface area contributed by atoms with Crippen LogP contribution in [0.1, 0.15) is 6.42 Å². The molecule has 0 bridgehead atoms. The average molecular weight is 415 g/mol. The third-order valence-corrected chi connectivity index (χ3v) is 1.64. The van der Waals surface area contributed by atoms with Crippen molar-refractivity contribution in [3.8, 4) is 0 Å². The van der Waals surface area contributed by atoms with Crippen LogP contribution in [0, 0.1) is 0 Å². The van der Waals surface area contributed by atoms with E-state index >= 15 is 0 Å². The number of aliphatic hydroxyl groups excluding tert-OH is 2. The number of carboxylic acid groups (broad SMARTS) is 2. The molecular weight excluding hydrogens is 392 g/mol. The fourth-order valence-electron chi connectivity index (χ4n) is 0.899. The largest absolute Gasteiger partial charge is 0.487 e. The summed E-state index contributed by atoms with van der Waals surface area (Å²) >= 11 is 7.74. The molecule has 8 nitrogen and oxygen atoms in total. The van der Waals surface area contributed by atoms with Gasteiger partial charge in [0.05, 0.1) is 0 Å². The van der Waals surface area contributed by atoms with Crippen molar-refractivity contribution in [1.82, 2.24) is 0 Å². The van der Waals surface area contributed by atoms with Crippen LogP contribution in [-0.4, -0.2) is 42.7 Å². The summed E-state index contributed by atoms with van der Waals surface area (Å²) in [6.45, 7) is 0. The number of benzene rings is 2. The standard InChI is InChI=1S/2C6H6.C3H4O4.2CH3NOS/c2*1-2-4-6-5-3-1;4-2(5)1-3(6)7;2*2-1(3)4/h2*1-6H;1H2,(H,4,5)(H,6,7);2*(H3,2,3,4). The maximum Gasteiger partial charge on any atom is 0.314 e. The molecule has 27 heavy (non-hydrogen) atoms. The van der Waals surface area contributed by atoms with Gasteiger partial charge in [-0.05, 0) is 24.4 Å². The van der Waals surface area contributed by atoms with Gasteiger partial charge in [-0.15, -0.1) is 0 Å². The molecule has 0 unspecified atom stereocenters. The molecule has 0 heterocycles. The molecule has 0 saturated heterocycles. The van der Waals surface area contributed by atoms with Crippen molar-refractivity contribution in [1.29, 1.82) is 0 Å². The molecule has 0 aliphatic rings. The molecule has 0 aliphatic carbocycles. The van der Waals surface area contributed by atoms with E-state index in [0.29, 0.717) is 0 Å². The Morgan fingerprint density at radius 2 is 0.667 bits per heavy atom. The zero-order valence-corrected chi connectivity index (χ0v) is 15.8. The highest BCUT2D eigenvalue weighted by Crippen LogP contribution is 1.80. The van der Waals surface area contributed by atoms with Crippen LogP contribution < -0.4 is 11.5 Å². The van der Waals surface area contributed by atoms with Gasteiger partial charge in [-0.1, -0.05) is 72.8 Å². The molecule has 0 amide bonds. The highest BCUT2D eigenvalue weighted by Gasteiger charge is 2.01. The molecule has 0 atom stereocenters. The molecule has 0 aromatic heterocycles. The maximum absolute atomic E-state index is 9.43. The fraction of sp³-hybridized carbons (Fsp3) is 0.0588.